The molecule has 1 heterocycles. The van der Waals surface area contributed by atoms with Gasteiger partial charge in [-0.2, -0.15) is 4.31 Å². The predicted octanol–water partition coefficient (Wildman–Crippen LogP) is 2.47. The topological polar surface area (TPSA) is 99.8 Å². The first-order valence-electron chi connectivity index (χ1n) is 8.98. The molecule has 10 heteroatoms. The Morgan fingerprint density at radius 1 is 0.966 bits per heavy atom. The van der Waals surface area contributed by atoms with Crippen LogP contribution in [-0.4, -0.2) is 50.0 Å². The summed E-state index contributed by atoms with van der Waals surface area (Å²) in [5.74, 6) is -0.157. The Balaban J connectivity index is 1.62. The van der Waals surface area contributed by atoms with Crippen molar-refractivity contribution in [1.82, 2.24) is 4.31 Å². The molecular formula is C19H22N4O4S2. The molecule has 0 spiro atoms. The summed E-state index contributed by atoms with van der Waals surface area (Å²) in [5.41, 5.74) is 2.02. The fourth-order valence-corrected chi connectivity index (χ4v) is 4.46. The van der Waals surface area contributed by atoms with Crippen LogP contribution in [0.3, 0.4) is 0 Å². The number of ether oxygens (including phenoxy) is 1. The summed E-state index contributed by atoms with van der Waals surface area (Å²) in [4.78, 5) is 11.4. The van der Waals surface area contributed by atoms with E-state index in [1.54, 1.807) is 42.5 Å². The van der Waals surface area contributed by atoms with Crippen molar-refractivity contribution in [3.63, 3.8) is 0 Å². The Hall–Kier alpha value is -2.53. The van der Waals surface area contributed by atoms with Crippen LogP contribution in [0.15, 0.2) is 53.4 Å². The monoisotopic (exact) mass is 434 g/mol. The Bertz CT molecular complexity index is 988. The first-order chi connectivity index (χ1) is 13.8. The molecular weight excluding hydrogens is 412 g/mol. The highest BCUT2D eigenvalue weighted by atomic mass is 32.2. The van der Waals surface area contributed by atoms with Crippen LogP contribution in [0.5, 0.6) is 0 Å². The highest BCUT2D eigenvalue weighted by Gasteiger charge is 2.26. The maximum atomic E-state index is 12.7. The van der Waals surface area contributed by atoms with E-state index in [4.69, 9.17) is 17.0 Å². The summed E-state index contributed by atoms with van der Waals surface area (Å²) in [6.45, 7) is 2.96. The zero-order valence-corrected chi connectivity index (χ0v) is 17.5. The molecule has 0 aliphatic carbocycles. The van der Waals surface area contributed by atoms with Crippen LogP contribution in [0.25, 0.3) is 0 Å². The van der Waals surface area contributed by atoms with E-state index in [0.29, 0.717) is 48.5 Å². The third-order valence-electron chi connectivity index (χ3n) is 4.16. The normalized spacial score (nSPS) is 14.8. The van der Waals surface area contributed by atoms with E-state index < -0.39 is 10.0 Å². The lowest BCUT2D eigenvalue weighted by Gasteiger charge is -2.26. The molecule has 0 saturated carbocycles. The molecule has 29 heavy (non-hydrogen) atoms. The Morgan fingerprint density at radius 3 is 2.17 bits per heavy atom. The largest absolute Gasteiger partial charge is 0.379 e. The van der Waals surface area contributed by atoms with Gasteiger partial charge in [-0.1, -0.05) is 6.07 Å². The molecule has 0 bridgehead atoms. The quantitative estimate of drug-likeness (QED) is 0.622. The number of nitrogens with zero attached hydrogens (tertiary/aromatic N) is 1. The number of nitrogens with one attached hydrogen (secondary N) is 3. The minimum absolute atomic E-state index is 0.157. The SMILES string of the molecule is CC(=O)Nc1cccc(NC(=S)Nc2ccc(S(=O)(=O)N3CCOCC3)cc2)c1. The van der Waals surface area contributed by atoms with E-state index in [2.05, 4.69) is 16.0 Å². The van der Waals surface area contributed by atoms with Gasteiger partial charge < -0.3 is 20.7 Å². The molecule has 2 aromatic carbocycles. The van der Waals surface area contributed by atoms with Crippen LogP contribution in [0.2, 0.25) is 0 Å². The van der Waals surface area contributed by atoms with Crippen LogP contribution in [-0.2, 0) is 19.6 Å². The lowest BCUT2D eigenvalue weighted by atomic mass is 10.2. The van der Waals surface area contributed by atoms with Crippen molar-refractivity contribution in [3.8, 4) is 0 Å². The van der Waals surface area contributed by atoms with Gasteiger partial charge in [-0.3, -0.25) is 4.79 Å². The van der Waals surface area contributed by atoms with Gasteiger partial charge in [0.15, 0.2) is 5.11 Å². The van der Waals surface area contributed by atoms with E-state index in [-0.39, 0.29) is 10.8 Å². The Kier molecular flexibility index (Phi) is 6.80. The van der Waals surface area contributed by atoms with E-state index in [1.807, 2.05) is 6.07 Å². The second kappa shape index (κ2) is 9.31. The average Bonchev–Trinajstić information content (AvgIpc) is 2.69. The molecule has 0 unspecified atom stereocenters. The molecule has 2 aromatic rings. The van der Waals surface area contributed by atoms with Crippen LogP contribution in [0.4, 0.5) is 17.1 Å². The molecule has 154 valence electrons. The van der Waals surface area contributed by atoms with Crippen molar-refractivity contribution in [2.75, 3.05) is 42.3 Å². The second-order valence-electron chi connectivity index (χ2n) is 6.38. The summed E-state index contributed by atoms with van der Waals surface area (Å²) in [6.07, 6.45) is 0. The van der Waals surface area contributed by atoms with Crippen LogP contribution < -0.4 is 16.0 Å². The fraction of sp³-hybridized carbons (Fsp3) is 0.263. The van der Waals surface area contributed by atoms with Gasteiger partial charge in [-0.25, -0.2) is 8.42 Å². The van der Waals surface area contributed by atoms with Gasteiger partial charge in [0, 0.05) is 37.1 Å². The molecule has 1 saturated heterocycles. The molecule has 1 fully saturated rings. The fourth-order valence-electron chi connectivity index (χ4n) is 2.82. The van der Waals surface area contributed by atoms with Crippen LogP contribution >= 0.6 is 12.2 Å². The van der Waals surface area contributed by atoms with Crippen molar-refractivity contribution < 1.29 is 17.9 Å². The number of morpholine rings is 1. The number of carbonyl (C=O) groups is 1. The van der Waals surface area contributed by atoms with Crippen molar-refractivity contribution in [2.45, 2.75) is 11.8 Å². The Morgan fingerprint density at radius 2 is 1.55 bits per heavy atom. The number of carbonyl (C=O) groups excluding carboxylic acids is 1. The minimum atomic E-state index is -3.53. The van der Waals surface area contributed by atoms with E-state index in [9.17, 15) is 13.2 Å². The summed E-state index contributed by atoms with van der Waals surface area (Å²) >= 11 is 5.31. The number of rotatable bonds is 5. The molecule has 0 atom stereocenters. The van der Waals surface area contributed by atoms with Crippen molar-refractivity contribution in [3.05, 3.63) is 48.5 Å². The number of anilines is 3. The number of amides is 1. The molecule has 8 nitrogen and oxygen atoms in total. The number of hydrogen-bond acceptors (Lipinski definition) is 5. The van der Waals surface area contributed by atoms with Crippen LogP contribution in [0, 0.1) is 0 Å². The first-order valence-corrected chi connectivity index (χ1v) is 10.8. The summed E-state index contributed by atoms with van der Waals surface area (Å²) in [7, 11) is -3.53. The average molecular weight is 435 g/mol. The molecule has 3 N–H and O–H groups in total. The third-order valence-corrected chi connectivity index (χ3v) is 6.28. The van der Waals surface area contributed by atoms with E-state index in [1.165, 1.54) is 11.2 Å². The third kappa shape index (κ3) is 5.73. The number of hydrogen-bond donors (Lipinski definition) is 3. The van der Waals surface area contributed by atoms with E-state index in [0.717, 1.165) is 0 Å². The number of thiocarbonyl (C=S) groups is 1. The van der Waals surface area contributed by atoms with Gasteiger partial charge in [-0.05, 0) is 54.7 Å². The second-order valence-corrected chi connectivity index (χ2v) is 8.73. The van der Waals surface area contributed by atoms with Crippen molar-refractivity contribution in [2.24, 2.45) is 0 Å². The van der Waals surface area contributed by atoms with Crippen LogP contribution in [0.1, 0.15) is 6.92 Å². The molecule has 0 radical (unpaired) electrons. The van der Waals surface area contributed by atoms with Gasteiger partial charge in [0.05, 0.1) is 18.1 Å². The standard InChI is InChI=1S/C19H22N4O4S2/c1-14(24)20-16-3-2-4-17(13-16)22-19(28)21-15-5-7-18(8-6-15)29(25,26)23-9-11-27-12-10-23/h2-8,13H,9-12H2,1H3,(H,20,24)(H2,21,22,28). The maximum absolute atomic E-state index is 12.7. The van der Waals surface area contributed by atoms with Gasteiger partial charge in [0.25, 0.3) is 0 Å². The maximum Gasteiger partial charge on any atom is 0.243 e. The van der Waals surface area contributed by atoms with Gasteiger partial charge in [0.1, 0.15) is 0 Å². The van der Waals surface area contributed by atoms with Gasteiger partial charge in [-0.15, -0.1) is 0 Å². The summed E-state index contributed by atoms with van der Waals surface area (Å²) in [5, 5.41) is 9.09. The molecule has 1 aliphatic heterocycles. The first kappa shape index (κ1) is 21.2. The zero-order valence-electron chi connectivity index (χ0n) is 15.8. The van der Waals surface area contributed by atoms with Crippen molar-refractivity contribution in [1.29, 1.82) is 0 Å². The predicted molar refractivity (Wildman–Crippen MR) is 117 cm³/mol. The molecule has 1 aliphatic rings. The summed E-state index contributed by atoms with van der Waals surface area (Å²) < 4.78 is 31.9. The molecule has 3 rings (SSSR count). The Labute approximate surface area is 175 Å². The lowest BCUT2D eigenvalue weighted by Crippen LogP contribution is -2.40. The smallest absolute Gasteiger partial charge is 0.243 e. The molecule has 1 amide bonds. The summed E-state index contributed by atoms with van der Waals surface area (Å²) in [6, 6.07) is 13.6. The highest BCUT2D eigenvalue weighted by molar-refractivity contribution is 7.89. The zero-order chi connectivity index (χ0) is 20.9. The van der Waals surface area contributed by atoms with Gasteiger partial charge in [0.2, 0.25) is 15.9 Å². The minimum Gasteiger partial charge on any atom is -0.379 e. The molecule has 0 aromatic heterocycles. The lowest BCUT2D eigenvalue weighted by molar-refractivity contribution is -0.114. The van der Waals surface area contributed by atoms with Gasteiger partial charge >= 0.3 is 0 Å². The number of sulfonamides is 1. The highest BCUT2D eigenvalue weighted by Crippen LogP contribution is 2.20. The van der Waals surface area contributed by atoms with Crippen molar-refractivity contribution >= 4 is 50.3 Å². The number of benzene rings is 2. The van der Waals surface area contributed by atoms with E-state index >= 15 is 0 Å².